The van der Waals surface area contributed by atoms with E-state index in [9.17, 15) is 13.6 Å². The summed E-state index contributed by atoms with van der Waals surface area (Å²) in [6.45, 7) is 1.76. The van der Waals surface area contributed by atoms with Crippen molar-refractivity contribution < 1.29 is 18.7 Å². The molecule has 0 aliphatic heterocycles. The minimum atomic E-state index is -2.60. The van der Waals surface area contributed by atoms with Crippen LogP contribution in [-0.4, -0.2) is 34.6 Å². The van der Waals surface area contributed by atoms with Crippen molar-refractivity contribution in [1.29, 1.82) is 0 Å². The van der Waals surface area contributed by atoms with Crippen molar-refractivity contribution in [1.82, 2.24) is 9.97 Å². The van der Waals surface area contributed by atoms with Crippen molar-refractivity contribution in [3.05, 3.63) is 18.0 Å². The zero-order valence-corrected chi connectivity index (χ0v) is 9.47. The average molecular weight is 245 g/mol. The summed E-state index contributed by atoms with van der Waals surface area (Å²) in [4.78, 5) is 19.7. The molecular formula is C10H13F2N3O2. The van der Waals surface area contributed by atoms with Crippen molar-refractivity contribution in [2.75, 3.05) is 18.5 Å². The summed E-state index contributed by atoms with van der Waals surface area (Å²) < 4.78 is 24.5. The summed E-state index contributed by atoms with van der Waals surface area (Å²) in [6.07, 6.45) is -0.531. The van der Waals surface area contributed by atoms with Gasteiger partial charge in [0.05, 0.1) is 11.5 Å². The molecule has 0 fully saturated rings. The smallest absolute Gasteiger partial charge is 0.308 e. The van der Waals surface area contributed by atoms with Gasteiger partial charge >= 0.3 is 5.97 Å². The maximum Gasteiger partial charge on any atom is 0.308 e. The number of anilines is 1. The number of halogens is 2. The molecule has 0 saturated heterocycles. The van der Waals surface area contributed by atoms with Crippen LogP contribution in [0.25, 0.3) is 0 Å². The predicted octanol–water partition coefficient (Wildman–Crippen LogP) is 1.57. The van der Waals surface area contributed by atoms with E-state index in [2.05, 4.69) is 9.97 Å². The fraction of sp³-hybridized carbons (Fsp3) is 0.500. The van der Waals surface area contributed by atoms with Crippen LogP contribution in [0.4, 0.5) is 14.7 Å². The van der Waals surface area contributed by atoms with Gasteiger partial charge < -0.3 is 10.0 Å². The van der Waals surface area contributed by atoms with Crippen LogP contribution in [0.1, 0.15) is 18.9 Å². The number of carboxylic acid groups (broad SMARTS) is 1. The first-order valence-electron chi connectivity index (χ1n) is 4.96. The number of aromatic nitrogens is 2. The molecule has 0 saturated carbocycles. The van der Waals surface area contributed by atoms with Crippen LogP contribution in [0.5, 0.6) is 0 Å². The van der Waals surface area contributed by atoms with Crippen molar-refractivity contribution in [2.45, 2.75) is 13.3 Å². The first-order valence-corrected chi connectivity index (χ1v) is 4.96. The molecule has 0 spiro atoms. The van der Waals surface area contributed by atoms with E-state index in [-0.39, 0.29) is 18.1 Å². The fourth-order valence-corrected chi connectivity index (χ4v) is 1.21. The van der Waals surface area contributed by atoms with E-state index in [4.69, 9.17) is 5.11 Å². The molecule has 1 unspecified atom stereocenters. The van der Waals surface area contributed by atoms with E-state index < -0.39 is 18.3 Å². The summed E-state index contributed by atoms with van der Waals surface area (Å²) in [7, 11) is 1.61. The zero-order chi connectivity index (χ0) is 13.0. The summed E-state index contributed by atoms with van der Waals surface area (Å²) in [5.41, 5.74) is -0.256. The largest absolute Gasteiger partial charge is 0.481 e. The Labute approximate surface area is 97.1 Å². The molecule has 1 aromatic rings. The van der Waals surface area contributed by atoms with Crippen molar-refractivity contribution >= 4 is 11.9 Å². The summed E-state index contributed by atoms with van der Waals surface area (Å²) >= 11 is 0. The van der Waals surface area contributed by atoms with E-state index >= 15 is 0 Å². The summed E-state index contributed by atoms with van der Waals surface area (Å²) in [5, 5.41) is 8.73. The lowest BCUT2D eigenvalue weighted by Gasteiger charge is -2.19. The monoisotopic (exact) mass is 245 g/mol. The Morgan fingerprint density at radius 3 is 2.41 bits per heavy atom. The number of nitrogens with zero attached hydrogens (tertiary/aromatic N) is 3. The van der Waals surface area contributed by atoms with Crippen LogP contribution in [-0.2, 0) is 4.79 Å². The fourth-order valence-electron chi connectivity index (χ4n) is 1.21. The third kappa shape index (κ3) is 3.61. The first-order chi connectivity index (χ1) is 7.91. The molecule has 0 radical (unpaired) electrons. The highest BCUT2D eigenvalue weighted by atomic mass is 19.3. The molecular weight excluding hydrogens is 232 g/mol. The highest BCUT2D eigenvalue weighted by molar-refractivity contribution is 5.70. The highest BCUT2D eigenvalue weighted by Crippen LogP contribution is 2.17. The van der Waals surface area contributed by atoms with Crippen LogP contribution >= 0.6 is 0 Å². The van der Waals surface area contributed by atoms with Crippen LogP contribution in [0, 0.1) is 5.92 Å². The number of rotatable bonds is 5. The molecule has 0 bridgehead atoms. The second-order valence-electron chi connectivity index (χ2n) is 3.74. The molecule has 5 nitrogen and oxygen atoms in total. The van der Waals surface area contributed by atoms with Gasteiger partial charge in [-0.25, -0.2) is 18.7 Å². The number of carbonyl (C=O) groups is 1. The second kappa shape index (κ2) is 5.51. The van der Waals surface area contributed by atoms with E-state index in [0.717, 1.165) is 12.4 Å². The van der Waals surface area contributed by atoms with Crippen molar-refractivity contribution in [2.24, 2.45) is 5.92 Å². The van der Waals surface area contributed by atoms with Gasteiger partial charge in [0.15, 0.2) is 0 Å². The standard InChI is InChI=1S/C10H13F2N3O2/c1-6(9(16)17)5-15(2)10-13-3-7(4-14-10)8(11)12/h3-4,6,8H,5H2,1-2H3,(H,16,17). The lowest BCUT2D eigenvalue weighted by molar-refractivity contribution is -0.140. The molecule has 7 heteroatoms. The Morgan fingerprint density at radius 2 is 2.00 bits per heavy atom. The van der Waals surface area contributed by atoms with Crippen LogP contribution < -0.4 is 4.90 Å². The van der Waals surface area contributed by atoms with Gasteiger partial charge in [0.2, 0.25) is 5.95 Å². The topological polar surface area (TPSA) is 66.3 Å². The quantitative estimate of drug-likeness (QED) is 0.852. The molecule has 0 aliphatic carbocycles. The van der Waals surface area contributed by atoms with E-state index in [1.165, 1.54) is 4.90 Å². The van der Waals surface area contributed by atoms with Gasteiger partial charge in [0, 0.05) is 26.0 Å². The number of aliphatic carboxylic acids is 1. The number of hydrogen-bond acceptors (Lipinski definition) is 4. The summed E-state index contributed by atoms with van der Waals surface area (Å²) in [5.74, 6) is -1.29. The number of alkyl halides is 2. The minimum Gasteiger partial charge on any atom is -0.481 e. The van der Waals surface area contributed by atoms with Gasteiger partial charge in [-0.3, -0.25) is 4.79 Å². The molecule has 1 atom stereocenters. The normalized spacial score (nSPS) is 12.5. The molecule has 1 heterocycles. The average Bonchev–Trinajstić information content (AvgIpc) is 2.28. The number of carboxylic acids is 1. The molecule has 0 aliphatic rings. The molecule has 94 valence electrons. The second-order valence-corrected chi connectivity index (χ2v) is 3.74. The lowest BCUT2D eigenvalue weighted by Crippen LogP contribution is -2.29. The predicted molar refractivity (Wildman–Crippen MR) is 57.1 cm³/mol. The summed E-state index contributed by atoms with van der Waals surface area (Å²) in [6, 6.07) is 0. The molecule has 17 heavy (non-hydrogen) atoms. The van der Waals surface area contributed by atoms with Gasteiger partial charge in [-0.15, -0.1) is 0 Å². The Bertz CT molecular complexity index is 384. The molecule has 1 aromatic heterocycles. The van der Waals surface area contributed by atoms with Gasteiger partial charge in [-0.1, -0.05) is 6.92 Å². The van der Waals surface area contributed by atoms with Gasteiger partial charge in [0.1, 0.15) is 0 Å². The van der Waals surface area contributed by atoms with Gasteiger partial charge in [-0.2, -0.15) is 0 Å². The Balaban J connectivity index is 2.69. The van der Waals surface area contributed by atoms with Crippen LogP contribution in [0.3, 0.4) is 0 Å². The molecule has 1 N–H and O–H groups in total. The highest BCUT2D eigenvalue weighted by Gasteiger charge is 2.16. The maximum absolute atomic E-state index is 12.2. The number of hydrogen-bond donors (Lipinski definition) is 1. The SMILES string of the molecule is CC(CN(C)c1ncc(C(F)F)cn1)C(=O)O. The van der Waals surface area contributed by atoms with Crippen LogP contribution in [0.15, 0.2) is 12.4 Å². The Morgan fingerprint density at radius 1 is 1.47 bits per heavy atom. The Hall–Kier alpha value is -1.79. The van der Waals surface area contributed by atoms with E-state index in [0.29, 0.717) is 0 Å². The van der Waals surface area contributed by atoms with E-state index in [1.54, 1.807) is 14.0 Å². The minimum absolute atomic E-state index is 0.212. The maximum atomic E-state index is 12.2. The molecule has 0 amide bonds. The lowest BCUT2D eigenvalue weighted by atomic mass is 10.2. The third-order valence-electron chi connectivity index (χ3n) is 2.22. The van der Waals surface area contributed by atoms with Crippen molar-refractivity contribution in [3.63, 3.8) is 0 Å². The van der Waals surface area contributed by atoms with Crippen molar-refractivity contribution in [3.8, 4) is 0 Å². The van der Waals surface area contributed by atoms with E-state index in [1.807, 2.05) is 0 Å². The first kappa shape index (κ1) is 13.3. The third-order valence-corrected chi connectivity index (χ3v) is 2.22. The van der Waals surface area contributed by atoms with Gasteiger partial charge in [0.25, 0.3) is 6.43 Å². The molecule has 1 rings (SSSR count). The zero-order valence-electron chi connectivity index (χ0n) is 9.47. The molecule has 0 aromatic carbocycles. The van der Waals surface area contributed by atoms with Gasteiger partial charge in [-0.05, 0) is 0 Å². The van der Waals surface area contributed by atoms with Crippen LogP contribution in [0.2, 0.25) is 0 Å². The Kier molecular flexibility index (Phi) is 4.30.